The molecule has 0 bridgehead atoms. The molecule has 3 rings (SSSR count). The number of fused-ring (bicyclic) bond motifs is 3. The molecule has 0 aliphatic heterocycles. The molecule has 96 valence electrons. The van der Waals surface area contributed by atoms with Crippen molar-refractivity contribution in [1.82, 2.24) is 0 Å². The largest absolute Gasteiger partial charge is 0.496 e. The fourth-order valence-corrected chi connectivity index (χ4v) is 2.56. The van der Waals surface area contributed by atoms with E-state index in [1.807, 2.05) is 38.1 Å². The molecular formula is C16H14O3. The Hall–Kier alpha value is -2.29. The molecule has 0 amide bonds. The van der Waals surface area contributed by atoms with Crippen molar-refractivity contribution in [3.8, 4) is 5.75 Å². The van der Waals surface area contributed by atoms with Crippen molar-refractivity contribution in [3.63, 3.8) is 0 Å². The van der Waals surface area contributed by atoms with Gasteiger partial charge >= 0.3 is 5.63 Å². The Morgan fingerprint density at radius 1 is 1.11 bits per heavy atom. The summed E-state index contributed by atoms with van der Waals surface area (Å²) in [5.74, 6) is 0.739. The summed E-state index contributed by atoms with van der Waals surface area (Å²) in [5.41, 5.74) is 2.20. The molecule has 0 N–H and O–H groups in total. The van der Waals surface area contributed by atoms with Crippen LogP contribution in [-0.2, 0) is 0 Å². The van der Waals surface area contributed by atoms with E-state index in [0.29, 0.717) is 11.0 Å². The monoisotopic (exact) mass is 254 g/mol. The smallest absolute Gasteiger partial charge is 0.344 e. The maximum absolute atomic E-state index is 12.0. The minimum Gasteiger partial charge on any atom is -0.496 e. The third-order valence-electron chi connectivity index (χ3n) is 3.51. The molecule has 3 aromatic rings. The van der Waals surface area contributed by atoms with Crippen LogP contribution in [0.5, 0.6) is 5.75 Å². The normalized spacial score (nSPS) is 11.1. The van der Waals surface area contributed by atoms with E-state index < -0.39 is 0 Å². The molecular weight excluding hydrogens is 240 g/mol. The van der Waals surface area contributed by atoms with Crippen molar-refractivity contribution in [1.29, 1.82) is 0 Å². The van der Waals surface area contributed by atoms with Crippen LogP contribution in [0.4, 0.5) is 0 Å². The highest BCUT2D eigenvalue weighted by atomic mass is 16.5. The van der Waals surface area contributed by atoms with Gasteiger partial charge in [0.15, 0.2) is 0 Å². The molecule has 1 heterocycles. The van der Waals surface area contributed by atoms with E-state index in [9.17, 15) is 4.79 Å². The number of aryl methyl sites for hydroxylation is 2. The Morgan fingerprint density at radius 2 is 1.79 bits per heavy atom. The molecule has 0 atom stereocenters. The van der Waals surface area contributed by atoms with Crippen LogP contribution in [0.3, 0.4) is 0 Å². The first kappa shape index (κ1) is 11.8. The molecule has 0 fully saturated rings. The van der Waals surface area contributed by atoms with Gasteiger partial charge in [-0.15, -0.1) is 0 Å². The number of ether oxygens (including phenoxy) is 1. The quantitative estimate of drug-likeness (QED) is 0.492. The molecule has 0 saturated heterocycles. The molecule has 1 aromatic heterocycles. The minimum atomic E-state index is -0.307. The van der Waals surface area contributed by atoms with Crippen molar-refractivity contribution in [2.75, 3.05) is 7.11 Å². The summed E-state index contributed by atoms with van der Waals surface area (Å²) in [6.45, 7) is 3.90. The number of hydrogen-bond donors (Lipinski definition) is 0. The van der Waals surface area contributed by atoms with Gasteiger partial charge in [-0.25, -0.2) is 4.79 Å². The fourth-order valence-electron chi connectivity index (χ4n) is 2.56. The molecule has 0 aliphatic rings. The Labute approximate surface area is 110 Å². The van der Waals surface area contributed by atoms with Crippen molar-refractivity contribution in [2.45, 2.75) is 13.8 Å². The molecule has 0 radical (unpaired) electrons. The third kappa shape index (κ3) is 1.62. The summed E-state index contributed by atoms with van der Waals surface area (Å²) in [5, 5.41) is 2.52. The van der Waals surface area contributed by atoms with Crippen LogP contribution in [0.2, 0.25) is 0 Å². The number of rotatable bonds is 1. The van der Waals surface area contributed by atoms with E-state index >= 15 is 0 Å². The van der Waals surface area contributed by atoms with Crippen molar-refractivity contribution >= 4 is 21.7 Å². The highest BCUT2D eigenvalue weighted by molar-refractivity contribution is 6.07. The fraction of sp³-hybridized carbons (Fsp3) is 0.188. The van der Waals surface area contributed by atoms with Crippen molar-refractivity contribution in [2.24, 2.45) is 0 Å². The summed E-state index contributed by atoms with van der Waals surface area (Å²) in [7, 11) is 1.62. The second-order valence-electron chi connectivity index (χ2n) is 4.66. The molecule has 0 unspecified atom stereocenters. The Balaban J connectivity index is 2.65. The van der Waals surface area contributed by atoms with Gasteiger partial charge in [0.2, 0.25) is 0 Å². The second-order valence-corrected chi connectivity index (χ2v) is 4.66. The zero-order chi connectivity index (χ0) is 13.6. The van der Waals surface area contributed by atoms with Crippen LogP contribution >= 0.6 is 0 Å². The maximum atomic E-state index is 12.0. The van der Waals surface area contributed by atoms with Gasteiger partial charge < -0.3 is 9.15 Å². The highest BCUT2D eigenvalue weighted by Gasteiger charge is 2.14. The molecule has 3 heteroatoms. The van der Waals surface area contributed by atoms with Crippen LogP contribution in [-0.4, -0.2) is 7.11 Å². The van der Waals surface area contributed by atoms with Crippen LogP contribution in [0, 0.1) is 13.8 Å². The zero-order valence-corrected chi connectivity index (χ0v) is 11.1. The van der Waals surface area contributed by atoms with Crippen molar-refractivity contribution in [3.05, 3.63) is 51.9 Å². The Kier molecular flexibility index (Phi) is 2.56. The summed E-state index contributed by atoms with van der Waals surface area (Å²) < 4.78 is 10.8. The number of methoxy groups -OCH3 is 1. The van der Waals surface area contributed by atoms with Gasteiger partial charge in [-0.1, -0.05) is 18.2 Å². The van der Waals surface area contributed by atoms with E-state index in [4.69, 9.17) is 9.15 Å². The van der Waals surface area contributed by atoms with E-state index in [0.717, 1.165) is 27.6 Å². The van der Waals surface area contributed by atoms with Gasteiger partial charge in [0.1, 0.15) is 11.3 Å². The molecule has 0 spiro atoms. The van der Waals surface area contributed by atoms with Crippen LogP contribution in [0.1, 0.15) is 11.1 Å². The molecule has 0 saturated carbocycles. The lowest BCUT2D eigenvalue weighted by Gasteiger charge is -2.11. The Bertz CT molecular complexity index is 844. The van der Waals surface area contributed by atoms with Gasteiger partial charge in [-0.2, -0.15) is 0 Å². The summed E-state index contributed by atoms with van der Waals surface area (Å²) in [6, 6.07) is 9.49. The lowest BCUT2D eigenvalue weighted by molar-refractivity contribution is 0.410. The average molecular weight is 254 g/mol. The third-order valence-corrected chi connectivity index (χ3v) is 3.51. The zero-order valence-electron chi connectivity index (χ0n) is 11.1. The van der Waals surface area contributed by atoms with E-state index in [1.165, 1.54) is 0 Å². The summed E-state index contributed by atoms with van der Waals surface area (Å²) >= 11 is 0. The van der Waals surface area contributed by atoms with Gasteiger partial charge in [-0.05, 0) is 31.5 Å². The second kappa shape index (κ2) is 4.12. The molecule has 0 aliphatic carbocycles. The van der Waals surface area contributed by atoms with E-state index in [-0.39, 0.29) is 5.63 Å². The summed E-state index contributed by atoms with van der Waals surface area (Å²) in [6.07, 6.45) is 0. The average Bonchev–Trinajstić information content (AvgIpc) is 2.42. The Morgan fingerprint density at radius 3 is 2.47 bits per heavy atom. The topological polar surface area (TPSA) is 39.4 Å². The highest BCUT2D eigenvalue weighted by Crippen LogP contribution is 2.33. The SMILES string of the molecule is COc1cc(C)c2c(oc(=O)c3ccccc32)c1C. The lowest BCUT2D eigenvalue weighted by Crippen LogP contribution is -2.02. The van der Waals surface area contributed by atoms with Gasteiger partial charge in [0.05, 0.1) is 12.5 Å². The minimum absolute atomic E-state index is 0.307. The molecule has 3 nitrogen and oxygen atoms in total. The van der Waals surface area contributed by atoms with Crippen molar-refractivity contribution < 1.29 is 9.15 Å². The predicted molar refractivity (Wildman–Crippen MR) is 76.0 cm³/mol. The van der Waals surface area contributed by atoms with Gasteiger partial charge in [0, 0.05) is 16.3 Å². The van der Waals surface area contributed by atoms with Crippen LogP contribution < -0.4 is 10.4 Å². The first-order valence-electron chi connectivity index (χ1n) is 6.13. The number of hydrogen-bond acceptors (Lipinski definition) is 3. The van der Waals surface area contributed by atoms with E-state index in [2.05, 4.69) is 0 Å². The summed E-state index contributed by atoms with van der Waals surface area (Å²) in [4.78, 5) is 12.0. The molecule has 2 aromatic carbocycles. The standard InChI is InChI=1S/C16H14O3/c1-9-8-13(18-3)10(2)15-14(9)11-6-4-5-7-12(11)16(17)19-15/h4-8H,1-3H3. The predicted octanol–water partition coefficient (Wildman–Crippen LogP) is 3.57. The first-order valence-corrected chi connectivity index (χ1v) is 6.13. The molecule has 19 heavy (non-hydrogen) atoms. The maximum Gasteiger partial charge on any atom is 0.344 e. The lowest BCUT2D eigenvalue weighted by atomic mass is 10.0. The van der Waals surface area contributed by atoms with Crippen LogP contribution in [0.25, 0.3) is 21.7 Å². The first-order chi connectivity index (χ1) is 9.13. The van der Waals surface area contributed by atoms with Gasteiger partial charge in [-0.3, -0.25) is 0 Å². The van der Waals surface area contributed by atoms with E-state index in [1.54, 1.807) is 13.2 Å². The number of benzene rings is 2. The van der Waals surface area contributed by atoms with Gasteiger partial charge in [0.25, 0.3) is 0 Å². The van der Waals surface area contributed by atoms with Crippen LogP contribution in [0.15, 0.2) is 39.5 Å².